The summed E-state index contributed by atoms with van der Waals surface area (Å²) >= 11 is 0. The van der Waals surface area contributed by atoms with Crippen molar-refractivity contribution in [3.63, 3.8) is 0 Å². The first-order chi connectivity index (χ1) is 7.58. The van der Waals surface area contributed by atoms with Crippen LogP contribution in [0.4, 0.5) is 0 Å². The molecule has 0 aromatic rings. The van der Waals surface area contributed by atoms with E-state index in [0.29, 0.717) is 6.42 Å². The molecule has 2 unspecified atom stereocenters. The van der Waals surface area contributed by atoms with E-state index in [1.165, 1.54) is 14.2 Å². The molecule has 2 bridgehead atoms. The molecule has 0 amide bonds. The molecule has 2 aliphatic carbocycles. The van der Waals surface area contributed by atoms with Crippen LogP contribution in [0.5, 0.6) is 0 Å². The van der Waals surface area contributed by atoms with Crippen molar-refractivity contribution in [3.8, 4) is 0 Å². The predicted octanol–water partition coefficient (Wildman–Crippen LogP) is 1.67. The van der Waals surface area contributed by atoms with E-state index >= 15 is 0 Å². The van der Waals surface area contributed by atoms with Crippen molar-refractivity contribution in [3.05, 3.63) is 0 Å². The largest absolute Gasteiger partial charge is 0.469 e. The molecule has 90 valence electrons. The molecule has 0 radical (unpaired) electrons. The standard InChI is InChI=1S/C12H18O4/c1-15-9(13)11-4-3-5-12(8-11,7-6-11)10(14)16-2/h3-8H2,1-2H3. The molecular weight excluding hydrogens is 208 g/mol. The molecule has 4 heteroatoms. The molecule has 2 rings (SSSR count). The Labute approximate surface area is 95.3 Å². The van der Waals surface area contributed by atoms with Crippen LogP contribution in [-0.2, 0) is 19.1 Å². The minimum absolute atomic E-state index is 0.155. The third-order valence-electron chi connectivity index (χ3n) is 4.31. The van der Waals surface area contributed by atoms with E-state index in [1.54, 1.807) is 0 Å². The highest BCUT2D eigenvalue weighted by atomic mass is 16.5. The number of ether oxygens (including phenoxy) is 2. The van der Waals surface area contributed by atoms with E-state index < -0.39 is 10.8 Å². The maximum absolute atomic E-state index is 11.8. The second-order valence-corrected chi connectivity index (χ2v) is 5.07. The quantitative estimate of drug-likeness (QED) is 0.672. The monoisotopic (exact) mass is 226 g/mol. The summed E-state index contributed by atoms with van der Waals surface area (Å²) in [4.78, 5) is 23.7. The molecule has 0 spiro atoms. The van der Waals surface area contributed by atoms with Crippen molar-refractivity contribution in [1.82, 2.24) is 0 Å². The topological polar surface area (TPSA) is 52.6 Å². The van der Waals surface area contributed by atoms with Crippen LogP contribution in [0, 0.1) is 10.8 Å². The summed E-state index contributed by atoms with van der Waals surface area (Å²) < 4.78 is 9.76. The van der Waals surface area contributed by atoms with Crippen LogP contribution in [0.1, 0.15) is 38.5 Å². The number of esters is 2. The highest BCUT2D eigenvalue weighted by Crippen LogP contribution is 2.59. The fraction of sp³-hybridized carbons (Fsp3) is 0.833. The lowest BCUT2D eigenvalue weighted by atomic mass is 9.69. The Morgan fingerprint density at radius 3 is 1.69 bits per heavy atom. The van der Waals surface area contributed by atoms with E-state index in [0.717, 1.165) is 32.1 Å². The molecular formula is C12H18O4. The first-order valence-electron chi connectivity index (χ1n) is 5.75. The van der Waals surface area contributed by atoms with Crippen LogP contribution in [0.3, 0.4) is 0 Å². The molecule has 0 saturated heterocycles. The minimum Gasteiger partial charge on any atom is -0.469 e. The smallest absolute Gasteiger partial charge is 0.311 e. The van der Waals surface area contributed by atoms with E-state index in [2.05, 4.69) is 0 Å². The zero-order chi connectivity index (χ0) is 11.8. The van der Waals surface area contributed by atoms with Gasteiger partial charge >= 0.3 is 11.9 Å². The van der Waals surface area contributed by atoms with Crippen molar-refractivity contribution in [2.45, 2.75) is 38.5 Å². The second kappa shape index (κ2) is 3.75. The Balaban J connectivity index is 2.24. The van der Waals surface area contributed by atoms with Crippen molar-refractivity contribution < 1.29 is 19.1 Å². The number of hydrogen-bond donors (Lipinski definition) is 0. The molecule has 0 N–H and O–H groups in total. The summed E-state index contributed by atoms with van der Waals surface area (Å²) in [6.45, 7) is 0. The summed E-state index contributed by atoms with van der Waals surface area (Å²) in [7, 11) is 2.84. The zero-order valence-electron chi connectivity index (χ0n) is 9.88. The van der Waals surface area contributed by atoms with Crippen molar-refractivity contribution >= 4 is 11.9 Å². The second-order valence-electron chi connectivity index (χ2n) is 5.07. The Morgan fingerprint density at radius 2 is 1.31 bits per heavy atom. The van der Waals surface area contributed by atoms with Gasteiger partial charge in [-0.25, -0.2) is 0 Å². The van der Waals surface area contributed by atoms with Gasteiger partial charge in [0.15, 0.2) is 0 Å². The van der Waals surface area contributed by atoms with Gasteiger partial charge < -0.3 is 9.47 Å². The number of carbonyl (C=O) groups excluding carboxylic acids is 2. The zero-order valence-corrected chi connectivity index (χ0v) is 9.88. The Morgan fingerprint density at radius 1 is 0.875 bits per heavy atom. The van der Waals surface area contributed by atoms with Crippen LogP contribution < -0.4 is 0 Å². The SMILES string of the molecule is COC(=O)C12CCCC(C(=O)OC)(CC1)C2. The fourth-order valence-electron chi connectivity index (χ4n) is 3.48. The van der Waals surface area contributed by atoms with Gasteiger partial charge in [0.2, 0.25) is 0 Å². The Hall–Kier alpha value is -1.06. The average Bonchev–Trinajstić information content (AvgIpc) is 2.61. The number of fused-ring (bicyclic) bond motifs is 2. The third kappa shape index (κ3) is 1.43. The molecule has 4 nitrogen and oxygen atoms in total. The highest BCUT2D eigenvalue weighted by molar-refractivity contribution is 5.83. The predicted molar refractivity (Wildman–Crippen MR) is 56.6 cm³/mol. The number of rotatable bonds is 2. The van der Waals surface area contributed by atoms with Crippen molar-refractivity contribution in [2.24, 2.45) is 10.8 Å². The van der Waals surface area contributed by atoms with Crippen molar-refractivity contribution in [2.75, 3.05) is 14.2 Å². The molecule has 16 heavy (non-hydrogen) atoms. The van der Waals surface area contributed by atoms with Gasteiger partial charge in [0, 0.05) is 0 Å². The summed E-state index contributed by atoms with van der Waals surface area (Å²) in [6.07, 6.45) is 4.73. The van der Waals surface area contributed by atoms with Crippen LogP contribution in [-0.4, -0.2) is 26.2 Å². The lowest BCUT2D eigenvalue weighted by molar-refractivity contribution is -0.160. The molecule has 2 aliphatic rings. The van der Waals surface area contributed by atoms with Gasteiger partial charge in [0.25, 0.3) is 0 Å². The van der Waals surface area contributed by atoms with Gasteiger partial charge in [-0.2, -0.15) is 0 Å². The lowest BCUT2D eigenvalue weighted by Crippen LogP contribution is -2.39. The highest BCUT2D eigenvalue weighted by Gasteiger charge is 2.59. The van der Waals surface area contributed by atoms with Gasteiger partial charge in [-0.15, -0.1) is 0 Å². The van der Waals surface area contributed by atoms with Gasteiger partial charge in [-0.3, -0.25) is 9.59 Å². The molecule has 0 heterocycles. The molecule has 0 aromatic carbocycles. The minimum atomic E-state index is -0.415. The van der Waals surface area contributed by atoms with Crippen molar-refractivity contribution in [1.29, 1.82) is 0 Å². The molecule has 2 saturated carbocycles. The number of methoxy groups -OCH3 is 2. The van der Waals surface area contributed by atoms with Crippen LogP contribution >= 0.6 is 0 Å². The average molecular weight is 226 g/mol. The van der Waals surface area contributed by atoms with E-state index in [1.807, 2.05) is 0 Å². The molecule has 0 aliphatic heterocycles. The molecule has 2 atom stereocenters. The summed E-state index contributed by atoms with van der Waals surface area (Å²) in [6, 6.07) is 0. The third-order valence-corrected chi connectivity index (χ3v) is 4.31. The summed E-state index contributed by atoms with van der Waals surface area (Å²) in [5.41, 5.74) is -0.831. The first-order valence-corrected chi connectivity index (χ1v) is 5.75. The maximum Gasteiger partial charge on any atom is 0.311 e. The van der Waals surface area contributed by atoms with Gasteiger partial charge in [-0.1, -0.05) is 6.42 Å². The van der Waals surface area contributed by atoms with Gasteiger partial charge in [0.05, 0.1) is 25.0 Å². The molecule has 0 aromatic heterocycles. The van der Waals surface area contributed by atoms with Gasteiger partial charge in [0.1, 0.15) is 0 Å². The maximum atomic E-state index is 11.8. The van der Waals surface area contributed by atoms with Crippen LogP contribution in [0.15, 0.2) is 0 Å². The summed E-state index contributed by atoms with van der Waals surface area (Å²) in [5.74, 6) is -0.309. The van der Waals surface area contributed by atoms with Crippen LogP contribution in [0.25, 0.3) is 0 Å². The van der Waals surface area contributed by atoms with Crippen LogP contribution in [0.2, 0.25) is 0 Å². The number of carbonyl (C=O) groups is 2. The van der Waals surface area contributed by atoms with E-state index in [4.69, 9.17) is 9.47 Å². The molecule has 2 fully saturated rings. The first kappa shape index (κ1) is 11.4. The lowest BCUT2D eigenvalue weighted by Gasteiger charge is -2.35. The normalized spacial score (nSPS) is 36.9. The van der Waals surface area contributed by atoms with E-state index in [-0.39, 0.29) is 11.9 Å². The van der Waals surface area contributed by atoms with Gasteiger partial charge in [-0.05, 0) is 32.1 Å². The van der Waals surface area contributed by atoms with E-state index in [9.17, 15) is 9.59 Å². The summed E-state index contributed by atoms with van der Waals surface area (Å²) in [5, 5.41) is 0. The Bertz CT molecular complexity index is 295. The fourth-order valence-corrected chi connectivity index (χ4v) is 3.48. The Kier molecular flexibility index (Phi) is 2.68. The number of hydrogen-bond acceptors (Lipinski definition) is 4.